The molecule has 0 aliphatic heterocycles. The first-order chi connectivity index (χ1) is 9.19. The lowest BCUT2D eigenvalue weighted by atomic mass is 9.55. The van der Waals surface area contributed by atoms with Crippen molar-refractivity contribution in [2.45, 2.75) is 57.5 Å². The summed E-state index contributed by atoms with van der Waals surface area (Å²) in [5.41, 5.74) is 3.37. The lowest BCUT2D eigenvalue weighted by Crippen LogP contribution is -2.46. The Kier molecular flexibility index (Phi) is 2.57. The van der Waals surface area contributed by atoms with Crippen molar-refractivity contribution in [3.8, 4) is 0 Å². The molecule has 2 saturated carbocycles. The fraction of sp³-hybridized carbons (Fsp3) is 0.667. The second-order valence-corrected chi connectivity index (χ2v) is 7.35. The van der Waals surface area contributed by atoms with Gasteiger partial charge < -0.3 is 5.11 Å². The van der Waals surface area contributed by atoms with Crippen LogP contribution in [0.1, 0.15) is 56.1 Å². The zero-order valence-corrected chi connectivity index (χ0v) is 11.8. The SMILES string of the molecule is C[C@@]12CCC[C@H]1[C@@H]1CCc3ccccc3[C@H]1[C@H](O)C2. The molecule has 1 nitrogen and oxygen atoms in total. The third-order valence-corrected chi connectivity index (χ3v) is 6.39. The number of benzene rings is 1. The first-order valence-electron chi connectivity index (χ1n) is 7.95. The number of rotatable bonds is 0. The van der Waals surface area contributed by atoms with Gasteiger partial charge in [-0.1, -0.05) is 37.6 Å². The zero-order chi connectivity index (χ0) is 13.0. The largest absolute Gasteiger partial charge is 0.392 e. The molecule has 1 heteroatoms. The summed E-state index contributed by atoms with van der Waals surface area (Å²) in [6.07, 6.45) is 7.51. The highest BCUT2D eigenvalue weighted by Gasteiger charge is 2.53. The summed E-state index contributed by atoms with van der Waals surface area (Å²) in [6, 6.07) is 8.83. The van der Waals surface area contributed by atoms with Crippen molar-refractivity contribution in [1.82, 2.24) is 0 Å². The van der Waals surface area contributed by atoms with Crippen molar-refractivity contribution in [1.29, 1.82) is 0 Å². The summed E-state index contributed by atoms with van der Waals surface area (Å²) >= 11 is 0. The molecule has 1 aromatic carbocycles. The van der Waals surface area contributed by atoms with Crippen molar-refractivity contribution >= 4 is 0 Å². The summed E-state index contributed by atoms with van der Waals surface area (Å²) in [4.78, 5) is 0. The van der Waals surface area contributed by atoms with E-state index in [2.05, 4.69) is 31.2 Å². The quantitative estimate of drug-likeness (QED) is 0.746. The van der Waals surface area contributed by atoms with E-state index >= 15 is 0 Å². The number of aliphatic hydroxyl groups excluding tert-OH is 1. The van der Waals surface area contributed by atoms with Gasteiger partial charge in [0.15, 0.2) is 0 Å². The van der Waals surface area contributed by atoms with E-state index in [1.165, 1.54) is 43.2 Å². The molecule has 4 rings (SSSR count). The Morgan fingerprint density at radius 2 is 2.05 bits per heavy atom. The van der Waals surface area contributed by atoms with Crippen LogP contribution in [0, 0.1) is 17.3 Å². The molecule has 5 atom stereocenters. The standard InChI is InChI=1S/C18H24O/c1-18-10-4-7-15(18)14-9-8-12-5-2-3-6-13(12)17(14)16(19)11-18/h2-3,5-6,14-17,19H,4,7-11H2,1H3/t14-,15-,16+,17+,18-/m0/s1. The summed E-state index contributed by atoms with van der Waals surface area (Å²) in [6.45, 7) is 2.44. The third-order valence-electron chi connectivity index (χ3n) is 6.39. The smallest absolute Gasteiger partial charge is 0.0616 e. The van der Waals surface area contributed by atoms with Gasteiger partial charge in [0.2, 0.25) is 0 Å². The Morgan fingerprint density at radius 3 is 2.95 bits per heavy atom. The molecule has 19 heavy (non-hydrogen) atoms. The number of hydrogen-bond donors (Lipinski definition) is 1. The lowest BCUT2D eigenvalue weighted by molar-refractivity contribution is -0.0371. The van der Waals surface area contributed by atoms with Gasteiger partial charge in [-0.05, 0) is 60.5 Å². The molecule has 102 valence electrons. The van der Waals surface area contributed by atoms with Gasteiger partial charge in [-0.3, -0.25) is 0 Å². The van der Waals surface area contributed by atoms with Gasteiger partial charge in [0.1, 0.15) is 0 Å². The molecule has 0 unspecified atom stereocenters. The number of fused-ring (bicyclic) bond motifs is 5. The number of aliphatic hydroxyl groups is 1. The monoisotopic (exact) mass is 256 g/mol. The van der Waals surface area contributed by atoms with Crippen molar-refractivity contribution in [3.05, 3.63) is 35.4 Å². The maximum absolute atomic E-state index is 10.8. The zero-order valence-electron chi connectivity index (χ0n) is 11.8. The van der Waals surface area contributed by atoms with Crippen LogP contribution in [0.25, 0.3) is 0 Å². The lowest BCUT2D eigenvalue weighted by Gasteiger charge is -2.51. The fourth-order valence-corrected chi connectivity index (χ4v) is 5.61. The second kappa shape index (κ2) is 4.09. The average molecular weight is 256 g/mol. The molecular weight excluding hydrogens is 232 g/mol. The van der Waals surface area contributed by atoms with Gasteiger partial charge in [-0.15, -0.1) is 0 Å². The molecule has 0 radical (unpaired) electrons. The third kappa shape index (κ3) is 1.64. The Labute approximate surface area is 116 Å². The van der Waals surface area contributed by atoms with Gasteiger partial charge >= 0.3 is 0 Å². The molecule has 0 heterocycles. The van der Waals surface area contributed by atoms with Crippen LogP contribution in [0.2, 0.25) is 0 Å². The van der Waals surface area contributed by atoms with Crippen LogP contribution in [0.15, 0.2) is 24.3 Å². The Hall–Kier alpha value is -0.820. The minimum Gasteiger partial charge on any atom is -0.392 e. The highest BCUT2D eigenvalue weighted by molar-refractivity contribution is 5.35. The molecule has 3 aliphatic carbocycles. The summed E-state index contributed by atoms with van der Waals surface area (Å²) in [7, 11) is 0. The first-order valence-corrected chi connectivity index (χ1v) is 7.95. The van der Waals surface area contributed by atoms with Crippen LogP contribution in [0.3, 0.4) is 0 Å². The molecular formula is C18H24O. The van der Waals surface area contributed by atoms with Gasteiger partial charge in [0, 0.05) is 5.92 Å². The molecule has 0 saturated heterocycles. The predicted molar refractivity (Wildman–Crippen MR) is 77.1 cm³/mol. The molecule has 0 amide bonds. The van der Waals surface area contributed by atoms with Crippen molar-refractivity contribution in [2.24, 2.45) is 17.3 Å². The van der Waals surface area contributed by atoms with Gasteiger partial charge in [-0.25, -0.2) is 0 Å². The average Bonchev–Trinajstić information content (AvgIpc) is 2.79. The van der Waals surface area contributed by atoms with Gasteiger partial charge in [0.25, 0.3) is 0 Å². The minimum absolute atomic E-state index is 0.120. The molecule has 3 aliphatic rings. The topological polar surface area (TPSA) is 20.2 Å². The molecule has 1 N–H and O–H groups in total. The van der Waals surface area contributed by atoms with E-state index in [1.54, 1.807) is 0 Å². The highest BCUT2D eigenvalue weighted by Crippen LogP contribution is 2.60. The molecule has 1 aromatic rings. The summed E-state index contributed by atoms with van der Waals surface area (Å²) in [5.74, 6) is 2.00. The van der Waals surface area contributed by atoms with Crippen LogP contribution in [0.5, 0.6) is 0 Å². The predicted octanol–water partition coefficient (Wildman–Crippen LogP) is 3.90. The second-order valence-electron chi connectivity index (χ2n) is 7.35. The Morgan fingerprint density at radius 1 is 1.21 bits per heavy atom. The molecule has 0 aromatic heterocycles. The van der Waals surface area contributed by atoms with E-state index < -0.39 is 0 Å². The van der Waals surface area contributed by atoms with Gasteiger partial charge in [-0.2, -0.15) is 0 Å². The molecule has 0 spiro atoms. The van der Waals surface area contributed by atoms with Crippen LogP contribution >= 0.6 is 0 Å². The summed E-state index contributed by atoms with van der Waals surface area (Å²) in [5, 5.41) is 10.8. The fourth-order valence-electron chi connectivity index (χ4n) is 5.61. The normalized spacial score (nSPS) is 44.3. The van der Waals surface area contributed by atoms with Crippen molar-refractivity contribution in [3.63, 3.8) is 0 Å². The number of hydrogen-bond acceptors (Lipinski definition) is 1. The van der Waals surface area contributed by atoms with Gasteiger partial charge in [0.05, 0.1) is 6.10 Å². The molecule has 2 fully saturated rings. The van der Waals surface area contributed by atoms with E-state index in [1.807, 2.05) is 0 Å². The van der Waals surface area contributed by atoms with E-state index in [9.17, 15) is 5.11 Å². The van der Waals surface area contributed by atoms with Crippen LogP contribution in [0.4, 0.5) is 0 Å². The maximum Gasteiger partial charge on any atom is 0.0616 e. The van der Waals surface area contributed by atoms with Crippen LogP contribution < -0.4 is 0 Å². The number of aryl methyl sites for hydroxylation is 1. The van der Waals surface area contributed by atoms with E-state index in [0.717, 1.165) is 18.3 Å². The van der Waals surface area contributed by atoms with E-state index in [-0.39, 0.29) is 6.10 Å². The minimum atomic E-state index is -0.120. The molecule has 0 bridgehead atoms. The van der Waals surface area contributed by atoms with E-state index in [4.69, 9.17) is 0 Å². The van der Waals surface area contributed by atoms with Crippen LogP contribution in [-0.2, 0) is 6.42 Å². The maximum atomic E-state index is 10.8. The van der Waals surface area contributed by atoms with Crippen LogP contribution in [-0.4, -0.2) is 11.2 Å². The highest BCUT2D eigenvalue weighted by atomic mass is 16.3. The van der Waals surface area contributed by atoms with Crippen molar-refractivity contribution in [2.75, 3.05) is 0 Å². The first kappa shape index (κ1) is 12.0. The Bertz CT molecular complexity index is 494. The van der Waals surface area contributed by atoms with Crippen molar-refractivity contribution < 1.29 is 5.11 Å². The summed E-state index contributed by atoms with van der Waals surface area (Å²) < 4.78 is 0. The Balaban J connectivity index is 1.77. The van der Waals surface area contributed by atoms with E-state index in [0.29, 0.717) is 11.3 Å².